The molecule has 1 aromatic heterocycles. The molecule has 0 radical (unpaired) electrons. The maximum Gasteiger partial charge on any atom is 0.318 e. The zero-order valence-corrected chi connectivity index (χ0v) is 10.3. The van der Waals surface area contributed by atoms with Gasteiger partial charge in [0.1, 0.15) is 11.5 Å². The fourth-order valence-corrected chi connectivity index (χ4v) is 2.44. The number of ether oxygens (including phenoxy) is 1. The molecule has 0 unspecified atom stereocenters. The maximum absolute atomic E-state index is 11.5. The smallest absolute Gasteiger partial charge is 0.318 e. The van der Waals surface area contributed by atoms with E-state index in [4.69, 9.17) is 9.84 Å². The Hall–Kier alpha value is -1.63. The van der Waals surface area contributed by atoms with Crippen LogP contribution in [0, 0.1) is 6.92 Å². The third kappa shape index (κ3) is 4.39. The summed E-state index contributed by atoms with van der Waals surface area (Å²) in [5, 5.41) is 8.46. The molecule has 17 heavy (non-hydrogen) atoms. The molecule has 1 heterocycles. The van der Waals surface area contributed by atoms with Crippen LogP contribution in [0.5, 0.6) is 5.75 Å². The average molecular weight is 259 g/mol. The van der Waals surface area contributed by atoms with E-state index in [1.807, 2.05) is 0 Å². The molecule has 0 atom stereocenters. The topological polar surface area (TPSA) is 93.6 Å². The van der Waals surface area contributed by atoms with Crippen LogP contribution in [0.4, 0.5) is 0 Å². The van der Waals surface area contributed by atoms with Gasteiger partial charge in [-0.05, 0) is 6.92 Å². The van der Waals surface area contributed by atoms with Gasteiger partial charge in [0.05, 0.1) is 18.6 Å². The van der Waals surface area contributed by atoms with E-state index in [2.05, 4.69) is 4.98 Å². The van der Waals surface area contributed by atoms with Crippen LogP contribution in [0.3, 0.4) is 0 Å². The Balaban J connectivity index is 2.95. The number of sulfone groups is 1. The first kappa shape index (κ1) is 13.4. The quantitative estimate of drug-likeness (QED) is 0.822. The summed E-state index contributed by atoms with van der Waals surface area (Å²) in [4.78, 5) is 14.4. The van der Waals surface area contributed by atoms with Gasteiger partial charge in [0, 0.05) is 17.8 Å². The fourth-order valence-electron chi connectivity index (χ4n) is 1.36. The third-order valence-corrected chi connectivity index (χ3v) is 3.35. The van der Waals surface area contributed by atoms with E-state index in [0.717, 1.165) is 0 Å². The van der Waals surface area contributed by atoms with Gasteiger partial charge >= 0.3 is 5.97 Å². The summed E-state index contributed by atoms with van der Waals surface area (Å²) in [7, 11) is -2.23. The highest BCUT2D eigenvalue weighted by atomic mass is 32.2. The van der Waals surface area contributed by atoms with Crippen LogP contribution in [0.25, 0.3) is 0 Å². The summed E-state index contributed by atoms with van der Waals surface area (Å²) < 4.78 is 27.9. The van der Waals surface area contributed by atoms with Gasteiger partial charge in [0.25, 0.3) is 0 Å². The van der Waals surface area contributed by atoms with Crippen LogP contribution in [0.2, 0.25) is 0 Å². The number of nitrogens with zero attached hydrogens (tertiary/aromatic N) is 1. The second-order valence-corrected chi connectivity index (χ2v) is 5.63. The van der Waals surface area contributed by atoms with Crippen molar-refractivity contribution >= 4 is 15.8 Å². The predicted octanol–water partition coefficient (Wildman–Crippen LogP) is 0.398. The van der Waals surface area contributed by atoms with Crippen LogP contribution >= 0.6 is 0 Å². The number of carboxylic acids is 1. The SMILES string of the molecule is COc1cc(C)nc(CS(=O)(=O)CC(=O)O)c1. The number of pyridine rings is 1. The molecule has 0 fully saturated rings. The van der Waals surface area contributed by atoms with Gasteiger partial charge < -0.3 is 9.84 Å². The standard InChI is InChI=1S/C10H13NO5S/c1-7-3-9(16-2)4-8(11-7)5-17(14,15)6-10(12)13/h3-4H,5-6H2,1-2H3,(H,12,13). The Morgan fingerprint density at radius 3 is 2.65 bits per heavy atom. The number of methoxy groups -OCH3 is 1. The lowest BCUT2D eigenvalue weighted by Crippen LogP contribution is -2.17. The Kier molecular flexibility index (Phi) is 4.06. The summed E-state index contributed by atoms with van der Waals surface area (Å²) >= 11 is 0. The van der Waals surface area contributed by atoms with Crippen LogP contribution in [-0.2, 0) is 20.4 Å². The van der Waals surface area contributed by atoms with Gasteiger partial charge in [-0.15, -0.1) is 0 Å². The van der Waals surface area contributed by atoms with E-state index in [1.165, 1.54) is 13.2 Å². The normalized spacial score (nSPS) is 11.2. The van der Waals surface area contributed by atoms with E-state index in [-0.39, 0.29) is 5.69 Å². The summed E-state index contributed by atoms with van der Waals surface area (Å²) in [6, 6.07) is 3.14. The minimum atomic E-state index is -3.69. The van der Waals surface area contributed by atoms with Gasteiger partial charge in [0.2, 0.25) is 0 Å². The van der Waals surface area contributed by atoms with E-state index in [1.54, 1.807) is 13.0 Å². The molecule has 0 bridgehead atoms. The van der Waals surface area contributed by atoms with Crippen molar-refractivity contribution < 1.29 is 23.1 Å². The van der Waals surface area contributed by atoms with Crippen molar-refractivity contribution in [3.8, 4) is 5.75 Å². The summed E-state index contributed by atoms with van der Waals surface area (Å²) in [5.74, 6) is -2.18. The molecule has 0 saturated heterocycles. The highest BCUT2D eigenvalue weighted by Gasteiger charge is 2.18. The molecule has 0 aliphatic rings. The molecular formula is C10H13NO5S. The molecule has 94 valence electrons. The van der Waals surface area contributed by atoms with Crippen molar-refractivity contribution in [1.29, 1.82) is 0 Å². The van der Waals surface area contributed by atoms with Crippen molar-refractivity contribution in [1.82, 2.24) is 4.98 Å². The van der Waals surface area contributed by atoms with E-state index < -0.39 is 27.3 Å². The molecule has 1 aromatic rings. The number of aliphatic carboxylic acids is 1. The molecule has 0 aliphatic heterocycles. The van der Waals surface area contributed by atoms with Crippen molar-refractivity contribution in [2.75, 3.05) is 12.9 Å². The lowest BCUT2D eigenvalue weighted by molar-refractivity contribution is -0.134. The Morgan fingerprint density at radius 1 is 1.47 bits per heavy atom. The molecule has 0 aromatic carbocycles. The second kappa shape index (κ2) is 5.13. The number of carbonyl (C=O) groups is 1. The highest BCUT2D eigenvalue weighted by Crippen LogP contribution is 2.15. The number of carboxylic acid groups (broad SMARTS) is 1. The number of aromatic nitrogens is 1. The number of hydrogen-bond acceptors (Lipinski definition) is 5. The van der Waals surface area contributed by atoms with Crippen molar-refractivity contribution in [3.05, 3.63) is 23.5 Å². The summed E-state index contributed by atoms with van der Waals surface area (Å²) in [6.07, 6.45) is 0. The zero-order valence-electron chi connectivity index (χ0n) is 9.50. The summed E-state index contributed by atoms with van der Waals surface area (Å²) in [6.45, 7) is 1.70. The molecule has 0 amide bonds. The third-order valence-electron chi connectivity index (χ3n) is 1.93. The van der Waals surface area contributed by atoms with Crippen LogP contribution < -0.4 is 4.74 Å². The number of hydrogen-bond donors (Lipinski definition) is 1. The molecule has 0 saturated carbocycles. The minimum absolute atomic E-state index is 0.281. The lowest BCUT2D eigenvalue weighted by atomic mass is 10.3. The molecule has 1 N–H and O–H groups in total. The first-order valence-electron chi connectivity index (χ1n) is 4.76. The minimum Gasteiger partial charge on any atom is -0.497 e. The van der Waals surface area contributed by atoms with E-state index in [9.17, 15) is 13.2 Å². The maximum atomic E-state index is 11.5. The van der Waals surface area contributed by atoms with Gasteiger partial charge in [-0.25, -0.2) is 8.42 Å². The van der Waals surface area contributed by atoms with E-state index in [0.29, 0.717) is 11.4 Å². The van der Waals surface area contributed by atoms with Gasteiger partial charge in [-0.3, -0.25) is 9.78 Å². The fraction of sp³-hybridized carbons (Fsp3) is 0.400. The van der Waals surface area contributed by atoms with Crippen LogP contribution in [-0.4, -0.2) is 37.3 Å². The Labute approximate surface area is 99.2 Å². The molecule has 7 heteroatoms. The lowest BCUT2D eigenvalue weighted by Gasteiger charge is -2.05. The summed E-state index contributed by atoms with van der Waals surface area (Å²) in [5.41, 5.74) is 0.896. The van der Waals surface area contributed by atoms with Gasteiger partial charge in [-0.2, -0.15) is 0 Å². The number of aryl methyl sites for hydroxylation is 1. The highest BCUT2D eigenvalue weighted by molar-refractivity contribution is 7.91. The largest absolute Gasteiger partial charge is 0.497 e. The van der Waals surface area contributed by atoms with Crippen molar-refractivity contribution in [3.63, 3.8) is 0 Å². The Bertz CT molecular complexity index is 523. The first-order chi connectivity index (χ1) is 7.82. The van der Waals surface area contributed by atoms with Crippen molar-refractivity contribution in [2.45, 2.75) is 12.7 Å². The molecule has 6 nitrogen and oxygen atoms in total. The molecule has 0 spiro atoms. The molecule has 0 aliphatic carbocycles. The molecular weight excluding hydrogens is 246 g/mol. The van der Waals surface area contributed by atoms with Crippen LogP contribution in [0.15, 0.2) is 12.1 Å². The second-order valence-electron chi connectivity index (χ2n) is 3.57. The zero-order chi connectivity index (χ0) is 13.1. The Morgan fingerprint density at radius 2 is 2.12 bits per heavy atom. The monoisotopic (exact) mass is 259 g/mol. The molecule has 1 rings (SSSR count). The van der Waals surface area contributed by atoms with Crippen molar-refractivity contribution in [2.24, 2.45) is 0 Å². The predicted molar refractivity (Wildman–Crippen MR) is 60.7 cm³/mol. The van der Waals surface area contributed by atoms with Crippen LogP contribution in [0.1, 0.15) is 11.4 Å². The van der Waals surface area contributed by atoms with Gasteiger partial charge in [0.15, 0.2) is 9.84 Å². The van der Waals surface area contributed by atoms with Gasteiger partial charge in [-0.1, -0.05) is 0 Å². The van der Waals surface area contributed by atoms with E-state index >= 15 is 0 Å². The first-order valence-corrected chi connectivity index (χ1v) is 6.58. The number of rotatable bonds is 5. The average Bonchev–Trinajstić information content (AvgIpc) is 2.13.